The van der Waals surface area contributed by atoms with Gasteiger partial charge in [-0.2, -0.15) is 0 Å². The van der Waals surface area contributed by atoms with Crippen LogP contribution in [0.2, 0.25) is 0 Å². The summed E-state index contributed by atoms with van der Waals surface area (Å²) in [6.07, 6.45) is 6.25. The van der Waals surface area contributed by atoms with E-state index in [1.807, 2.05) is 19.1 Å². The maximum atomic E-state index is 13.0. The van der Waals surface area contributed by atoms with Gasteiger partial charge in [0, 0.05) is 32.2 Å². The molecule has 8 nitrogen and oxygen atoms in total. The highest BCUT2D eigenvalue weighted by atomic mass is 35.5. The topological polar surface area (TPSA) is 84.2 Å². The third-order valence-electron chi connectivity index (χ3n) is 6.86. The molecule has 1 aliphatic carbocycles. The Morgan fingerprint density at radius 3 is 2.27 bits per heavy atom. The zero-order valence-corrected chi connectivity index (χ0v) is 21.5. The van der Waals surface area contributed by atoms with Crippen LogP contribution >= 0.6 is 0 Å². The van der Waals surface area contributed by atoms with Crippen LogP contribution in [0.4, 0.5) is 0 Å². The maximum absolute atomic E-state index is 13.0. The van der Waals surface area contributed by atoms with Crippen molar-refractivity contribution in [2.45, 2.75) is 75.7 Å². The second-order valence-electron chi connectivity index (χ2n) is 9.75. The van der Waals surface area contributed by atoms with Gasteiger partial charge in [0.15, 0.2) is 21.5 Å². The summed E-state index contributed by atoms with van der Waals surface area (Å²) in [4.78, 5) is 5.39. The van der Waals surface area contributed by atoms with E-state index in [0.29, 0.717) is 16.6 Å². The molecule has 1 unspecified atom stereocenters. The number of aromatic nitrogens is 4. The van der Waals surface area contributed by atoms with E-state index in [-0.39, 0.29) is 24.3 Å². The average molecular weight is 496 g/mol. The van der Waals surface area contributed by atoms with Crippen molar-refractivity contribution < 1.29 is 20.8 Å². The van der Waals surface area contributed by atoms with Crippen molar-refractivity contribution >= 4 is 9.84 Å². The first kappa shape index (κ1) is 26.1. The lowest BCUT2D eigenvalue weighted by atomic mass is 10.0. The highest BCUT2D eigenvalue weighted by molar-refractivity contribution is 7.90. The van der Waals surface area contributed by atoms with Crippen LogP contribution in [0.3, 0.4) is 0 Å². The van der Waals surface area contributed by atoms with E-state index in [9.17, 15) is 8.42 Å². The monoisotopic (exact) mass is 495 g/mol. The first-order chi connectivity index (χ1) is 15.3. The van der Waals surface area contributed by atoms with E-state index < -0.39 is 9.84 Å². The van der Waals surface area contributed by atoms with E-state index in [1.54, 1.807) is 12.1 Å². The number of aryl methyl sites for hydroxylation is 1. The van der Waals surface area contributed by atoms with Crippen LogP contribution in [-0.2, 0) is 15.7 Å². The normalized spacial score (nSPS) is 19.6. The molecule has 1 aromatic heterocycles. The predicted octanol–water partition coefficient (Wildman–Crippen LogP) is 0.0643. The van der Waals surface area contributed by atoms with Crippen LogP contribution in [0.15, 0.2) is 29.2 Å². The molecule has 1 aromatic carbocycles. The Morgan fingerprint density at radius 1 is 1.03 bits per heavy atom. The van der Waals surface area contributed by atoms with E-state index in [2.05, 4.69) is 39.2 Å². The first-order valence-corrected chi connectivity index (χ1v) is 13.5. The smallest absolute Gasteiger partial charge is 0.198 e. The van der Waals surface area contributed by atoms with Crippen LogP contribution in [0.25, 0.3) is 0 Å². The zero-order chi connectivity index (χ0) is 22.7. The van der Waals surface area contributed by atoms with Gasteiger partial charge in [0.1, 0.15) is 0 Å². The lowest BCUT2D eigenvalue weighted by Crippen LogP contribution is -3.00. The Bertz CT molecular complexity index is 981. The third-order valence-corrected chi connectivity index (χ3v) is 8.43. The molecule has 10 heteroatoms. The summed E-state index contributed by atoms with van der Waals surface area (Å²) >= 11 is 0. The van der Waals surface area contributed by atoms with Crippen LogP contribution in [-0.4, -0.2) is 70.6 Å². The van der Waals surface area contributed by atoms with Crippen LogP contribution < -0.4 is 12.4 Å². The Hall–Kier alpha value is -1.55. The number of nitrogens with zero attached hydrogens (tertiary/aromatic N) is 6. The van der Waals surface area contributed by atoms with Crippen LogP contribution in [0.1, 0.15) is 63.4 Å². The maximum Gasteiger partial charge on any atom is 0.198 e. The number of halogens is 1. The molecule has 2 aliphatic rings. The standard InChI is InChI=1S/C23H36N6O2S.ClH/c1-18(2)16-22(28-14-12-27(13-15-28)20-6-4-5-7-20)23-24-25-26-29(23)17-32(30,31)21-10-8-19(3)9-11-21;/h8-11,18,20,22H,4-7,12-17H2,1-3H3;1H/p-1. The van der Waals surface area contributed by atoms with E-state index in [0.717, 1.165) is 44.2 Å². The minimum Gasteiger partial charge on any atom is -1.00 e. The summed E-state index contributed by atoms with van der Waals surface area (Å²) in [7, 11) is -3.54. The van der Waals surface area contributed by atoms with Crippen molar-refractivity contribution in [2.75, 3.05) is 26.2 Å². The van der Waals surface area contributed by atoms with E-state index >= 15 is 0 Å². The summed E-state index contributed by atoms with van der Waals surface area (Å²) in [6.45, 7) is 10.4. The molecule has 0 radical (unpaired) electrons. The van der Waals surface area contributed by atoms with Gasteiger partial charge in [0.25, 0.3) is 0 Å². The lowest BCUT2D eigenvalue weighted by molar-refractivity contribution is -0.00000961. The number of tetrazole rings is 1. The van der Waals surface area contributed by atoms with Gasteiger partial charge in [-0.15, -0.1) is 5.10 Å². The molecule has 0 amide bonds. The SMILES string of the molecule is Cc1ccc(S(=O)(=O)Cn2nnnc2C(CC(C)C)N2CCN(C3CCCC3)CC2)cc1.[Cl-]. The van der Waals surface area contributed by atoms with E-state index in [1.165, 1.54) is 30.4 Å². The van der Waals surface area contributed by atoms with Gasteiger partial charge in [-0.25, -0.2) is 13.1 Å². The van der Waals surface area contributed by atoms with Gasteiger partial charge in [0.05, 0.1) is 10.9 Å². The van der Waals surface area contributed by atoms with Gasteiger partial charge >= 0.3 is 0 Å². The summed E-state index contributed by atoms with van der Waals surface area (Å²) < 4.78 is 27.6. The van der Waals surface area contributed by atoms with Gasteiger partial charge in [-0.05, 0) is 54.7 Å². The molecule has 1 atom stereocenters. The van der Waals surface area contributed by atoms with Gasteiger partial charge in [-0.3, -0.25) is 9.80 Å². The van der Waals surface area contributed by atoms with Crippen LogP contribution in [0, 0.1) is 12.8 Å². The van der Waals surface area contributed by atoms with Crippen molar-refractivity contribution in [3.63, 3.8) is 0 Å². The molecule has 4 rings (SSSR count). The molecule has 184 valence electrons. The molecule has 2 aromatic rings. The molecule has 1 aliphatic heterocycles. The lowest BCUT2D eigenvalue weighted by Gasteiger charge is -2.41. The predicted molar refractivity (Wildman–Crippen MR) is 124 cm³/mol. The third kappa shape index (κ3) is 6.32. The molecule has 0 N–H and O–H groups in total. The average Bonchev–Trinajstić information content (AvgIpc) is 3.45. The molecule has 0 spiro atoms. The number of rotatable bonds is 8. The fraction of sp³-hybridized carbons (Fsp3) is 0.696. The minimum atomic E-state index is -3.54. The van der Waals surface area contributed by atoms with E-state index in [4.69, 9.17) is 0 Å². The Balaban J connectivity index is 0.00000306. The number of piperazine rings is 1. The molecular weight excluding hydrogens is 460 g/mol. The number of hydrogen-bond donors (Lipinski definition) is 0. The highest BCUT2D eigenvalue weighted by Gasteiger charge is 2.33. The molecule has 1 saturated heterocycles. The second kappa shape index (κ2) is 11.3. The Kier molecular flexibility index (Phi) is 8.89. The number of benzene rings is 1. The summed E-state index contributed by atoms with van der Waals surface area (Å²) in [5, 5.41) is 12.3. The summed E-state index contributed by atoms with van der Waals surface area (Å²) in [6, 6.07) is 7.71. The first-order valence-electron chi connectivity index (χ1n) is 11.9. The summed E-state index contributed by atoms with van der Waals surface area (Å²) in [5.41, 5.74) is 1.03. The number of sulfone groups is 1. The van der Waals surface area contributed by atoms with Crippen molar-refractivity contribution in [1.29, 1.82) is 0 Å². The number of hydrogen-bond acceptors (Lipinski definition) is 7. The largest absolute Gasteiger partial charge is 1.00 e. The highest BCUT2D eigenvalue weighted by Crippen LogP contribution is 2.30. The van der Waals surface area contributed by atoms with Crippen LogP contribution in [0.5, 0.6) is 0 Å². The molecule has 2 fully saturated rings. The molecule has 1 saturated carbocycles. The quantitative estimate of drug-likeness (QED) is 0.512. The van der Waals surface area contributed by atoms with Gasteiger partial charge in [0.2, 0.25) is 0 Å². The molecule has 2 heterocycles. The Morgan fingerprint density at radius 2 is 1.67 bits per heavy atom. The van der Waals surface area contributed by atoms with Crippen molar-refractivity contribution in [3.05, 3.63) is 35.7 Å². The van der Waals surface area contributed by atoms with Gasteiger partial charge < -0.3 is 12.4 Å². The molecule has 0 bridgehead atoms. The van der Waals surface area contributed by atoms with Gasteiger partial charge in [-0.1, -0.05) is 44.4 Å². The fourth-order valence-corrected chi connectivity index (χ4v) is 6.28. The molecule has 33 heavy (non-hydrogen) atoms. The molecular formula is C23H36ClN6O2S-. The van der Waals surface area contributed by atoms with Crippen molar-refractivity contribution in [1.82, 2.24) is 30.0 Å². The summed E-state index contributed by atoms with van der Waals surface area (Å²) in [5.74, 6) is 0.866. The minimum absolute atomic E-state index is 0. The fourth-order valence-electron chi connectivity index (χ4n) is 5.07. The van der Waals surface area contributed by atoms with Crippen molar-refractivity contribution in [2.24, 2.45) is 5.92 Å². The van der Waals surface area contributed by atoms with Crippen molar-refractivity contribution in [3.8, 4) is 0 Å². The Labute approximate surface area is 204 Å². The zero-order valence-electron chi connectivity index (χ0n) is 19.9. The second-order valence-corrected chi connectivity index (χ2v) is 11.7.